The van der Waals surface area contributed by atoms with Crippen LogP contribution in [0.3, 0.4) is 0 Å². The van der Waals surface area contributed by atoms with Gasteiger partial charge >= 0.3 is 0 Å². The van der Waals surface area contributed by atoms with Crippen LogP contribution in [0.25, 0.3) is 10.1 Å². The predicted octanol–water partition coefficient (Wildman–Crippen LogP) is 6.67. The summed E-state index contributed by atoms with van der Waals surface area (Å²) in [4.78, 5) is 13.2. The van der Waals surface area contributed by atoms with E-state index in [4.69, 9.17) is 34.8 Å². The first-order valence-electron chi connectivity index (χ1n) is 8.39. The Kier molecular flexibility index (Phi) is 5.34. The van der Waals surface area contributed by atoms with Crippen molar-refractivity contribution < 1.29 is 4.79 Å². The van der Waals surface area contributed by atoms with Gasteiger partial charge in [0.05, 0.1) is 11.6 Å². The van der Waals surface area contributed by atoms with Crippen LogP contribution >= 0.6 is 46.1 Å². The second-order valence-electron chi connectivity index (χ2n) is 6.26. The van der Waals surface area contributed by atoms with Crippen molar-refractivity contribution in [1.29, 1.82) is 0 Å². The summed E-state index contributed by atoms with van der Waals surface area (Å²) < 4.78 is 2.74. The predicted molar refractivity (Wildman–Crippen MR) is 117 cm³/mol. The van der Waals surface area contributed by atoms with E-state index in [9.17, 15) is 4.79 Å². The molecule has 0 saturated heterocycles. The van der Waals surface area contributed by atoms with E-state index in [1.165, 1.54) is 11.3 Å². The molecule has 2 aromatic carbocycles. The lowest BCUT2D eigenvalue weighted by Crippen LogP contribution is -2.12. The summed E-state index contributed by atoms with van der Waals surface area (Å²) >= 11 is 19.9. The molecule has 1 N–H and O–H groups in total. The van der Waals surface area contributed by atoms with Gasteiger partial charge in [-0.3, -0.25) is 9.48 Å². The largest absolute Gasteiger partial charge is 0.304 e. The molecule has 1 amide bonds. The SMILES string of the molecule is Cc1cc(NC(=O)c2sc3ccccc3c2Cl)nn1Cc1ccc(Cl)cc1Cl. The van der Waals surface area contributed by atoms with E-state index in [0.29, 0.717) is 32.3 Å². The molecule has 0 spiro atoms. The Labute approximate surface area is 180 Å². The molecule has 0 aliphatic heterocycles. The molecule has 4 aromatic rings. The van der Waals surface area contributed by atoms with Gasteiger partial charge in [0.25, 0.3) is 5.91 Å². The van der Waals surface area contributed by atoms with Gasteiger partial charge in [-0.05, 0) is 30.7 Å². The smallest absolute Gasteiger partial charge is 0.268 e. The zero-order valence-electron chi connectivity index (χ0n) is 14.7. The van der Waals surface area contributed by atoms with E-state index >= 15 is 0 Å². The maximum atomic E-state index is 12.7. The van der Waals surface area contributed by atoms with Gasteiger partial charge in [0.15, 0.2) is 5.82 Å². The van der Waals surface area contributed by atoms with Crippen LogP contribution in [0.15, 0.2) is 48.5 Å². The van der Waals surface area contributed by atoms with Crippen LogP contribution in [-0.2, 0) is 6.54 Å². The maximum Gasteiger partial charge on any atom is 0.268 e. The highest BCUT2D eigenvalue weighted by Crippen LogP contribution is 2.35. The van der Waals surface area contributed by atoms with Gasteiger partial charge in [-0.15, -0.1) is 11.3 Å². The fraction of sp³-hybridized carbons (Fsp3) is 0.100. The van der Waals surface area contributed by atoms with Gasteiger partial charge < -0.3 is 5.32 Å². The average Bonchev–Trinajstić information content (AvgIpc) is 3.17. The molecule has 2 heterocycles. The first kappa shape index (κ1) is 19.3. The lowest BCUT2D eigenvalue weighted by molar-refractivity contribution is 0.103. The highest BCUT2D eigenvalue weighted by Gasteiger charge is 2.18. The molecule has 0 saturated carbocycles. The van der Waals surface area contributed by atoms with Crippen molar-refractivity contribution in [2.75, 3.05) is 5.32 Å². The van der Waals surface area contributed by atoms with E-state index in [1.54, 1.807) is 16.8 Å². The lowest BCUT2D eigenvalue weighted by Gasteiger charge is -2.07. The molecule has 0 fully saturated rings. The van der Waals surface area contributed by atoms with Gasteiger partial charge in [0.1, 0.15) is 4.88 Å². The zero-order chi connectivity index (χ0) is 19.8. The number of rotatable bonds is 4. The van der Waals surface area contributed by atoms with Crippen LogP contribution in [0.2, 0.25) is 15.1 Å². The van der Waals surface area contributed by atoms with Gasteiger partial charge in [-0.25, -0.2) is 0 Å². The fourth-order valence-corrected chi connectivity index (χ4v) is 4.76. The van der Waals surface area contributed by atoms with Crippen molar-refractivity contribution >= 4 is 68.0 Å². The minimum Gasteiger partial charge on any atom is -0.304 e. The maximum absolute atomic E-state index is 12.7. The molecule has 8 heteroatoms. The first-order chi connectivity index (χ1) is 13.4. The number of carbonyl (C=O) groups excluding carboxylic acids is 1. The standard InChI is InChI=1S/C20H14Cl3N3OS/c1-11-8-17(25-26(11)10-12-6-7-13(21)9-15(12)22)24-20(27)19-18(23)14-4-2-3-5-16(14)28-19/h2-9H,10H2,1H3,(H,24,25,27). The number of nitrogens with one attached hydrogen (secondary N) is 1. The molecule has 0 aliphatic rings. The van der Waals surface area contributed by atoms with E-state index in [-0.39, 0.29) is 5.91 Å². The highest BCUT2D eigenvalue weighted by molar-refractivity contribution is 7.21. The number of nitrogens with zero attached hydrogens (tertiary/aromatic N) is 2. The van der Waals surface area contributed by atoms with Crippen LogP contribution in [0, 0.1) is 6.92 Å². The fourth-order valence-electron chi connectivity index (χ4n) is 2.88. The quantitative estimate of drug-likeness (QED) is 0.377. The van der Waals surface area contributed by atoms with Crippen LogP contribution in [0.4, 0.5) is 5.82 Å². The number of thiophene rings is 1. The van der Waals surface area contributed by atoms with Gasteiger partial charge in [-0.2, -0.15) is 5.10 Å². The van der Waals surface area contributed by atoms with Crippen molar-refractivity contribution in [2.24, 2.45) is 0 Å². The van der Waals surface area contributed by atoms with Crippen LogP contribution in [0.5, 0.6) is 0 Å². The molecule has 0 unspecified atom stereocenters. The summed E-state index contributed by atoms with van der Waals surface area (Å²) in [7, 11) is 0. The van der Waals surface area contributed by atoms with Crippen molar-refractivity contribution in [3.8, 4) is 0 Å². The monoisotopic (exact) mass is 449 g/mol. The summed E-state index contributed by atoms with van der Waals surface area (Å²) in [5.74, 6) is 0.182. The second-order valence-corrected chi connectivity index (χ2v) is 8.53. The van der Waals surface area contributed by atoms with Crippen molar-refractivity contribution in [3.63, 3.8) is 0 Å². The van der Waals surface area contributed by atoms with Crippen molar-refractivity contribution in [1.82, 2.24) is 9.78 Å². The average molecular weight is 451 g/mol. The molecule has 142 valence electrons. The second kappa shape index (κ2) is 7.76. The van der Waals surface area contributed by atoms with Crippen LogP contribution < -0.4 is 5.32 Å². The number of aryl methyl sites for hydroxylation is 1. The van der Waals surface area contributed by atoms with E-state index in [1.807, 2.05) is 43.3 Å². The number of aromatic nitrogens is 2. The molecular weight excluding hydrogens is 437 g/mol. The number of halogens is 3. The van der Waals surface area contributed by atoms with Crippen LogP contribution in [-0.4, -0.2) is 15.7 Å². The third kappa shape index (κ3) is 3.76. The normalized spacial score (nSPS) is 11.1. The minimum atomic E-state index is -0.277. The number of fused-ring (bicyclic) bond motifs is 1. The summed E-state index contributed by atoms with van der Waals surface area (Å²) in [5, 5.41) is 9.79. The summed E-state index contributed by atoms with van der Waals surface area (Å²) in [5.41, 5.74) is 1.78. The molecule has 4 rings (SSSR count). The Morgan fingerprint density at radius 1 is 1.14 bits per heavy atom. The number of hydrogen-bond donors (Lipinski definition) is 1. The van der Waals surface area contributed by atoms with Gasteiger partial charge in [0, 0.05) is 31.9 Å². The van der Waals surface area contributed by atoms with E-state index in [0.717, 1.165) is 21.3 Å². The minimum absolute atomic E-state index is 0.277. The van der Waals surface area contributed by atoms with E-state index < -0.39 is 0 Å². The number of anilines is 1. The molecule has 2 aromatic heterocycles. The number of carbonyl (C=O) groups is 1. The highest BCUT2D eigenvalue weighted by atomic mass is 35.5. The molecule has 28 heavy (non-hydrogen) atoms. The Balaban J connectivity index is 1.56. The third-order valence-corrected chi connectivity index (χ3v) is 6.56. The topological polar surface area (TPSA) is 46.9 Å². The Morgan fingerprint density at radius 3 is 2.68 bits per heavy atom. The number of benzene rings is 2. The molecule has 4 nitrogen and oxygen atoms in total. The Hall–Kier alpha value is -2.05. The summed E-state index contributed by atoms with van der Waals surface area (Å²) in [6, 6.07) is 14.8. The molecule has 0 aliphatic carbocycles. The Bertz CT molecular complexity index is 1200. The van der Waals surface area contributed by atoms with Crippen LogP contribution in [0.1, 0.15) is 20.9 Å². The van der Waals surface area contributed by atoms with Crippen molar-refractivity contribution in [2.45, 2.75) is 13.5 Å². The number of amides is 1. The molecule has 0 atom stereocenters. The summed E-state index contributed by atoms with van der Waals surface area (Å²) in [6.07, 6.45) is 0. The first-order valence-corrected chi connectivity index (χ1v) is 10.3. The zero-order valence-corrected chi connectivity index (χ0v) is 17.8. The molecule has 0 radical (unpaired) electrons. The lowest BCUT2D eigenvalue weighted by atomic mass is 10.2. The summed E-state index contributed by atoms with van der Waals surface area (Å²) in [6.45, 7) is 2.39. The van der Waals surface area contributed by atoms with Crippen molar-refractivity contribution in [3.05, 3.63) is 79.7 Å². The molecule has 0 bridgehead atoms. The molecular formula is C20H14Cl3N3OS. The van der Waals surface area contributed by atoms with Gasteiger partial charge in [0.2, 0.25) is 0 Å². The van der Waals surface area contributed by atoms with E-state index in [2.05, 4.69) is 10.4 Å². The Morgan fingerprint density at radius 2 is 1.93 bits per heavy atom. The number of hydrogen-bond acceptors (Lipinski definition) is 3. The third-order valence-electron chi connectivity index (χ3n) is 4.30. The van der Waals surface area contributed by atoms with Gasteiger partial charge in [-0.1, -0.05) is 59.1 Å².